The van der Waals surface area contributed by atoms with Gasteiger partial charge in [0.05, 0.1) is 73.3 Å². The smallest absolute Gasteiger partial charge is 0.344 e. The lowest BCUT2D eigenvalue weighted by Gasteiger charge is -2.35. The first kappa shape index (κ1) is 83.8. The van der Waals surface area contributed by atoms with Gasteiger partial charge in [-0.1, -0.05) is 27.7 Å². The molecule has 8 unspecified atom stereocenters. The fourth-order valence-electron chi connectivity index (χ4n) is 15.6. The van der Waals surface area contributed by atoms with E-state index >= 15 is 0 Å². The topological polar surface area (TPSA) is 299 Å². The van der Waals surface area contributed by atoms with Gasteiger partial charge in [-0.25, -0.2) is 14.4 Å². The van der Waals surface area contributed by atoms with E-state index in [1.165, 1.54) is 47.0 Å². The van der Waals surface area contributed by atoms with Crippen LogP contribution in [0.5, 0.6) is 0 Å². The second kappa shape index (κ2) is 39.0. The van der Waals surface area contributed by atoms with Gasteiger partial charge < -0.3 is 56.8 Å². The van der Waals surface area contributed by atoms with E-state index < -0.39 is 47.9 Å². The Morgan fingerprint density at radius 1 is 0.303 bits per heavy atom. The number of ether oxygens (including phenoxy) is 12. The maximum Gasteiger partial charge on any atom is 0.344 e. The Bertz CT molecular complexity index is 2450. The van der Waals surface area contributed by atoms with E-state index in [2.05, 4.69) is 18.9 Å². The molecule has 23 nitrogen and oxygen atoms in total. The standard InChI is InChI=1S/C11H18O6.4C10H14O2.C9H16O4.C9H18O3.C7H14O2/c1-5-11(2,3)10(14)17-7-9(13)16-6-8(12)15-4;4*11-10-8-2-6-1-7(3-8)5-9(4-6)12-10;1-5-9(2,3)8(11)13-6-7(10)12-4;1-5-9(2,3)8(10)12-7-6-11-4;1-5-7(2,3)6(8)9-4/h5-7H2,1-4H3;4*6-9H,1-5H2;5-6H2,1-4H3;5-7H2,1-4H3;5H2,1-4H3. The average molecular weight is 1400 g/mol. The van der Waals surface area contributed by atoms with Crippen molar-refractivity contribution in [1.29, 1.82) is 0 Å². The minimum absolute atomic E-state index is 0.102. The zero-order valence-corrected chi connectivity index (χ0v) is 62.6. The minimum Gasteiger partial charge on any atom is -0.469 e. The lowest BCUT2D eigenvalue weighted by molar-refractivity contribution is -0.167. The molecule has 8 saturated heterocycles. The molecule has 16 fully saturated rings. The van der Waals surface area contributed by atoms with Crippen LogP contribution in [-0.2, 0) is 110 Å². The summed E-state index contributed by atoms with van der Waals surface area (Å²) in [6.07, 6.45) is 27.6. The first-order valence-corrected chi connectivity index (χ1v) is 36.8. The summed E-state index contributed by atoms with van der Waals surface area (Å²) in [4.78, 5) is 123. The highest BCUT2D eigenvalue weighted by molar-refractivity contribution is 5.82. The molecule has 16 rings (SSSR count). The first-order valence-electron chi connectivity index (χ1n) is 36.8. The van der Waals surface area contributed by atoms with Crippen molar-refractivity contribution in [2.45, 2.75) is 262 Å². The molecule has 8 atom stereocenters. The highest BCUT2D eigenvalue weighted by Gasteiger charge is 2.48. The van der Waals surface area contributed by atoms with Gasteiger partial charge in [-0.3, -0.25) is 38.4 Å². The lowest BCUT2D eigenvalue weighted by atomic mass is 9.68. The van der Waals surface area contributed by atoms with Gasteiger partial charge >= 0.3 is 65.7 Å². The van der Waals surface area contributed by atoms with E-state index in [4.69, 9.17) is 37.9 Å². The summed E-state index contributed by atoms with van der Waals surface area (Å²) in [5.41, 5.74) is -1.85. The molecule has 16 bridgehead atoms. The van der Waals surface area contributed by atoms with Crippen LogP contribution >= 0.6 is 0 Å². The number of hydrogen-bond donors (Lipinski definition) is 0. The van der Waals surface area contributed by atoms with Crippen molar-refractivity contribution in [2.75, 3.05) is 61.5 Å². The van der Waals surface area contributed by atoms with Crippen molar-refractivity contribution in [3.05, 3.63) is 0 Å². The zero-order chi connectivity index (χ0) is 73.6. The summed E-state index contributed by atoms with van der Waals surface area (Å²) in [5.74, 6) is 4.78. The molecule has 0 N–H and O–H groups in total. The van der Waals surface area contributed by atoms with Crippen LogP contribution in [0.3, 0.4) is 0 Å². The predicted molar refractivity (Wildman–Crippen MR) is 362 cm³/mol. The number of methoxy groups -OCH3 is 4. The summed E-state index contributed by atoms with van der Waals surface area (Å²) in [6, 6.07) is 0. The zero-order valence-electron chi connectivity index (χ0n) is 62.6. The molecule has 8 aliphatic carbocycles. The van der Waals surface area contributed by atoms with Gasteiger partial charge in [0.15, 0.2) is 19.8 Å². The van der Waals surface area contributed by atoms with Crippen LogP contribution in [0.15, 0.2) is 0 Å². The number of carbonyl (C=O) groups is 11. The molecule has 0 aromatic rings. The molecule has 8 saturated carbocycles. The molecule has 8 heterocycles. The van der Waals surface area contributed by atoms with Crippen molar-refractivity contribution in [2.24, 2.45) is 92.7 Å². The Kier molecular flexibility index (Phi) is 33.0. The van der Waals surface area contributed by atoms with Crippen LogP contribution in [0.25, 0.3) is 0 Å². The number of rotatable bonds is 17. The fraction of sp³-hybridized carbons (Fsp3) is 0.855. The number of esters is 11. The highest BCUT2D eigenvalue weighted by Crippen LogP contribution is 2.50. The second-order valence-electron chi connectivity index (χ2n) is 32.2. The normalized spacial score (nSPS) is 30.1. The first-order chi connectivity index (χ1) is 46.6. The third-order valence-corrected chi connectivity index (χ3v) is 22.7. The molecule has 0 aromatic carbocycles. The quantitative estimate of drug-likeness (QED) is 0.0742. The maximum atomic E-state index is 11.5. The Morgan fingerprint density at radius 3 is 0.758 bits per heavy atom. The number of carbonyl (C=O) groups excluding carboxylic acids is 11. The van der Waals surface area contributed by atoms with E-state index in [9.17, 15) is 52.7 Å². The Labute approximate surface area is 588 Å². The molecule has 99 heavy (non-hydrogen) atoms. The monoisotopic (exact) mass is 1400 g/mol. The highest BCUT2D eigenvalue weighted by atomic mass is 16.6. The molecule has 0 amide bonds. The van der Waals surface area contributed by atoms with Gasteiger partial charge in [-0.15, -0.1) is 0 Å². The minimum atomic E-state index is -0.782. The van der Waals surface area contributed by atoms with Gasteiger partial charge in [0, 0.05) is 7.11 Å². The molecular weight excluding hydrogens is 1280 g/mol. The fourth-order valence-corrected chi connectivity index (χ4v) is 15.6. The summed E-state index contributed by atoms with van der Waals surface area (Å²) in [5, 5.41) is 0. The molecule has 564 valence electrons. The van der Waals surface area contributed by atoms with Crippen LogP contribution in [0, 0.1) is 92.7 Å². The van der Waals surface area contributed by atoms with Crippen LogP contribution in [0.1, 0.15) is 237 Å². The molecule has 8 aliphatic heterocycles. The number of hydrogen-bond acceptors (Lipinski definition) is 23. The van der Waals surface area contributed by atoms with E-state index in [-0.39, 0.29) is 107 Å². The van der Waals surface area contributed by atoms with E-state index in [1.807, 2.05) is 55.4 Å². The van der Waals surface area contributed by atoms with Gasteiger partial charge in [-0.05, 0) is 257 Å². The second-order valence-corrected chi connectivity index (χ2v) is 32.2. The largest absolute Gasteiger partial charge is 0.469 e. The van der Waals surface area contributed by atoms with Crippen LogP contribution in [0.4, 0.5) is 0 Å². The van der Waals surface area contributed by atoms with Gasteiger partial charge in [-0.2, -0.15) is 0 Å². The number of fused-ring (bicyclic) bond motifs is 4. The van der Waals surface area contributed by atoms with Gasteiger partial charge in [0.2, 0.25) is 0 Å². The maximum absolute atomic E-state index is 11.5. The van der Waals surface area contributed by atoms with Crippen LogP contribution < -0.4 is 0 Å². The summed E-state index contributed by atoms with van der Waals surface area (Å²) < 4.78 is 58.5. The average Bonchev–Trinajstić information content (AvgIpc) is 1.71. The van der Waals surface area contributed by atoms with E-state index in [1.54, 1.807) is 34.8 Å². The molecular formula is C76H122O23. The van der Waals surface area contributed by atoms with Gasteiger partial charge in [0.25, 0.3) is 0 Å². The third kappa shape index (κ3) is 26.5. The Morgan fingerprint density at radius 2 is 0.535 bits per heavy atom. The van der Waals surface area contributed by atoms with Crippen molar-refractivity contribution in [3.8, 4) is 0 Å². The molecule has 0 aromatic heterocycles. The summed E-state index contributed by atoms with van der Waals surface area (Å²) in [7, 11) is 5.43. The predicted octanol–water partition coefficient (Wildman–Crippen LogP) is 12.0. The molecule has 0 radical (unpaired) electrons. The van der Waals surface area contributed by atoms with Crippen molar-refractivity contribution in [3.63, 3.8) is 0 Å². The Balaban J connectivity index is 0.000000205. The van der Waals surface area contributed by atoms with Crippen molar-refractivity contribution < 1.29 is 110 Å². The lowest BCUT2D eigenvalue weighted by Crippen LogP contribution is -2.29. The summed E-state index contributed by atoms with van der Waals surface area (Å²) >= 11 is 0. The summed E-state index contributed by atoms with van der Waals surface area (Å²) in [6.45, 7) is 21.7. The van der Waals surface area contributed by atoms with Crippen LogP contribution in [0.2, 0.25) is 0 Å². The van der Waals surface area contributed by atoms with E-state index in [0.29, 0.717) is 26.1 Å². The SMILES string of the molecule is CCC(C)(C)C(=O)OC.CCC(C)(C)C(=O)OCC(=O)OC.CCC(C)(C)C(=O)OCC(=O)OCC(=O)OC.CCC(C)(C)C(=O)OCCOC.O=C1OC2CC3CC(C2)CC1C3.O=C1OC2CC3CC(C2)CC1C3.O=C1OC2CC3CC(C2)CC1C3.O=C1OC2CC3CC(C2)CC1C3. The third-order valence-electron chi connectivity index (χ3n) is 22.7. The molecule has 23 heteroatoms. The van der Waals surface area contributed by atoms with Gasteiger partial charge in [0.1, 0.15) is 31.0 Å². The van der Waals surface area contributed by atoms with Crippen molar-refractivity contribution in [1.82, 2.24) is 0 Å². The molecule has 0 spiro atoms. The Hall–Kier alpha value is -5.87. The van der Waals surface area contributed by atoms with Crippen molar-refractivity contribution >= 4 is 65.7 Å². The van der Waals surface area contributed by atoms with E-state index in [0.717, 1.165) is 163 Å². The molecule has 16 aliphatic rings. The van der Waals surface area contributed by atoms with Crippen LogP contribution in [-0.4, -0.2) is 152 Å².